The Bertz CT molecular complexity index is 337. The molecule has 1 aromatic rings. The van der Waals surface area contributed by atoms with Crippen LogP contribution in [0.25, 0.3) is 0 Å². The quantitative estimate of drug-likeness (QED) is 0.778. The van der Waals surface area contributed by atoms with Gasteiger partial charge in [0.1, 0.15) is 0 Å². The van der Waals surface area contributed by atoms with Gasteiger partial charge in [0.15, 0.2) is 5.15 Å². The van der Waals surface area contributed by atoms with Crippen molar-refractivity contribution in [2.45, 2.75) is 13.5 Å². The molecule has 1 unspecified atom stereocenters. The maximum Gasteiger partial charge on any atom is 0.288 e. The first-order valence-corrected chi connectivity index (χ1v) is 4.34. The molecule has 0 bridgehead atoms. The minimum atomic E-state index is -0.315. The molecule has 1 N–H and O–H groups in total. The number of halogens is 1. The van der Waals surface area contributed by atoms with Crippen LogP contribution < -0.4 is 5.56 Å². The molecule has 1 rings (SSSR count). The predicted molar refractivity (Wildman–Crippen MR) is 49.8 cm³/mol. The average molecular weight is 203 g/mol. The molecule has 0 fully saturated rings. The van der Waals surface area contributed by atoms with Crippen LogP contribution in [0.1, 0.15) is 6.92 Å². The van der Waals surface area contributed by atoms with Crippen LogP contribution in [0.3, 0.4) is 0 Å². The Morgan fingerprint density at radius 3 is 3.08 bits per heavy atom. The number of nitrogens with zero attached hydrogens (tertiary/aromatic N) is 2. The number of aliphatic hydroxyl groups excluding tert-OH is 1. The standard InChI is InChI=1S/C8H11ClN2O2/c1-6(5-12)4-11-3-2-10-7(9)8(11)13/h2-3,6,12H,4-5H2,1H3. The molecule has 1 atom stereocenters. The summed E-state index contributed by atoms with van der Waals surface area (Å²) in [6.45, 7) is 2.35. The molecule has 1 aromatic heterocycles. The van der Waals surface area contributed by atoms with E-state index in [1.807, 2.05) is 6.92 Å². The van der Waals surface area contributed by atoms with Crippen molar-refractivity contribution >= 4 is 11.6 Å². The van der Waals surface area contributed by atoms with Crippen molar-refractivity contribution in [3.05, 3.63) is 27.9 Å². The SMILES string of the molecule is CC(CO)Cn1ccnc(Cl)c1=O. The molecule has 0 aliphatic heterocycles. The van der Waals surface area contributed by atoms with Gasteiger partial charge in [-0.3, -0.25) is 4.79 Å². The molecule has 0 radical (unpaired) electrons. The van der Waals surface area contributed by atoms with Crippen LogP contribution in [-0.4, -0.2) is 21.3 Å². The Kier molecular flexibility index (Phi) is 3.45. The van der Waals surface area contributed by atoms with E-state index in [2.05, 4.69) is 4.98 Å². The van der Waals surface area contributed by atoms with Gasteiger partial charge >= 0.3 is 0 Å². The summed E-state index contributed by atoms with van der Waals surface area (Å²) >= 11 is 5.53. The molecule has 72 valence electrons. The van der Waals surface area contributed by atoms with Crippen LogP contribution in [0.2, 0.25) is 5.15 Å². The van der Waals surface area contributed by atoms with Gasteiger partial charge in [-0.05, 0) is 5.92 Å². The Hall–Kier alpha value is -0.870. The van der Waals surface area contributed by atoms with Gasteiger partial charge in [-0.2, -0.15) is 0 Å². The van der Waals surface area contributed by atoms with Crippen LogP contribution in [0.5, 0.6) is 0 Å². The van der Waals surface area contributed by atoms with Crippen LogP contribution in [0.15, 0.2) is 17.2 Å². The highest BCUT2D eigenvalue weighted by Gasteiger charge is 2.05. The lowest BCUT2D eigenvalue weighted by Gasteiger charge is -2.09. The first-order valence-electron chi connectivity index (χ1n) is 3.97. The predicted octanol–water partition coefficient (Wildman–Crippen LogP) is 0.525. The van der Waals surface area contributed by atoms with E-state index in [9.17, 15) is 4.79 Å². The van der Waals surface area contributed by atoms with Gasteiger partial charge in [0, 0.05) is 25.5 Å². The van der Waals surface area contributed by atoms with Gasteiger partial charge in [-0.15, -0.1) is 0 Å². The normalized spacial score (nSPS) is 12.8. The molecular weight excluding hydrogens is 192 g/mol. The first kappa shape index (κ1) is 10.2. The number of hydrogen-bond donors (Lipinski definition) is 1. The molecule has 0 aromatic carbocycles. The summed E-state index contributed by atoms with van der Waals surface area (Å²) in [5, 5.41) is 8.76. The minimum absolute atomic E-state index is 0.0346. The van der Waals surface area contributed by atoms with E-state index < -0.39 is 0 Å². The number of aromatic nitrogens is 2. The zero-order valence-electron chi connectivity index (χ0n) is 7.27. The van der Waals surface area contributed by atoms with Crippen LogP contribution in [0, 0.1) is 5.92 Å². The van der Waals surface area contributed by atoms with E-state index >= 15 is 0 Å². The summed E-state index contributed by atoms with van der Waals surface area (Å²) in [6, 6.07) is 0. The zero-order valence-corrected chi connectivity index (χ0v) is 8.03. The summed E-state index contributed by atoms with van der Waals surface area (Å²) in [7, 11) is 0. The Morgan fingerprint density at radius 2 is 2.46 bits per heavy atom. The van der Waals surface area contributed by atoms with Gasteiger partial charge < -0.3 is 9.67 Å². The molecule has 0 spiro atoms. The second-order valence-electron chi connectivity index (χ2n) is 2.96. The topological polar surface area (TPSA) is 55.1 Å². The second kappa shape index (κ2) is 4.39. The van der Waals surface area contributed by atoms with Crippen LogP contribution in [-0.2, 0) is 6.54 Å². The fraction of sp³-hybridized carbons (Fsp3) is 0.500. The Balaban J connectivity index is 2.89. The Labute approximate surface area is 80.8 Å². The first-order chi connectivity index (χ1) is 6.15. The molecule has 0 amide bonds. The summed E-state index contributed by atoms with van der Waals surface area (Å²) in [6.07, 6.45) is 3.02. The maximum absolute atomic E-state index is 11.3. The Morgan fingerprint density at radius 1 is 1.77 bits per heavy atom. The van der Waals surface area contributed by atoms with E-state index in [-0.39, 0.29) is 23.2 Å². The van der Waals surface area contributed by atoms with E-state index in [1.54, 1.807) is 6.20 Å². The summed E-state index contributed by atoms with van der Waals surface area (Å²) < 4.78 is 1.44. The lowest BCUT2D eigenvalue weighted by molar-refractivity contribution is 0.222. The lowest BCUT2D eigenvalue weighted by Crippen LogP contribution is -2.24. The van der Waals surface area contributed by atoms with Crippen molar-refractivity contribution in [3.8, 4) is 0 Å². The molecule has 0 aliphatic carbocycles. The van der Waals surface area contributed by atoms with Crippen molar-refractivity contribution in [1.82, 2.24) is 9.55 Å². The zero-order chi connectivity index (χ0) is 9.84. The third-order valence-corrected chi connectivity index (χ3v) is 1.95. The average Bonchev–Trinajstić information content (AvgIpc) is 2.13. The van der Waals surface area contributed by atoms with Crippen molar-refractivity contribution in [2.75, 3.05) is 6.61 Å². The van der Waals surface area contributed by atoms with Crippen molar-refractivity contribution < 1.29 is 5.11 Å². The van der Waals surface area contributed by atoms with Crippen molar-refractivity contribution in [3.63, 3.8) is 0 Å². The maximum atomic E-state index is 11.3. The van der Waals surface area contributed by atoms with Crippen molar-refractivity contribution in [1.29, 1.82) is 0 Å². The highest BCUT2D eigenvalue weighted by molar-refractivity contribution is 6.29. The van der Waals surface area contributed by atoms with Crippen LogP contribution >= 0.6 is 11.6 Å². The van der Waals surface area contributed by atoms with E-state index in [0.29, 0.717) is 6.54 Å². The summed E-state index contributed by atoms with van der Waals surface area (Å²) in [5.41, 5.74) is -0.315. The third-order valence-electron chi connectivity index (χ3n) is 1.69. The molecule has 5 heteroatoms. The molecule has 1 heterocycles. The van der Waals surface area contributed by atoms with Crippen LogP contribution in [0.4, 0.5) is 0 Å². The largest absolute Gasteiger partial charge is 0.396 e. The van der Waals surface area contributed by atoms with E-state index in [1.165, 1.54) is 10.8 Å². The van der Waals surface area contributed by atoms with E-state index in [0.717, 1.165) is 0 Å². The minimum Gasteiger partial charge on any atom is -0.396 e. The monoisotopic (exact) mass is 202 g/mol. The van der Waals surface area contributed by atoms with Gasteiger partial charge in [0.25, 0.3) is 5.56 Å². The molecule has 0 aliphatic rings. The summed E-state index contributed by atoms with van der Waals surface area (Å²) in [4.78, 5) is 14.9. The highest BCUT2D eigenvalue weighted by atomic mass is 35.5. The lowest BCUT2D eigenvalue weighted by atomic mass is 10.2. The number of hydrogen-bond acceptors (Lipinski definition) is 3. The molecule has 0 saturated heterocycles. The third kappa shape index (κ3) is 2.54. The van der Waals surface area contributed by atoms with Gasteiger partial charge in [0.05, 0.1) is 0 Å². The highest BCUT2D eigenvalue weighted by Crippen LogP contribution is 1.98. The molecule has 13 heavy (non-hydrogen) atoms. The fourth-order valence-corrected chi connectivity index (χ4v) is 1.12. The van der Waals surface area contributed by atoms with Gasteiger partial charge in [-0.25, -0.2) is 4.98 Å². The van der Waals surface area contributed by atoms with E-state index in [4.69, 9.17) is 16.7 Å². The van der Waals surface area contributed by atoms with Gasteiger partial charge in [-0.1, -0.05) is 18.5 Å². The number of aliphatic hydroxyl groups is 1. The molecular formula is C8H11ClN2O2. The molecule has 0 saturated carbocycles. The second-order valence-corrected chi connectivity index (χ2v) is 3.32. The fourth-order valence-electron chi connectivity index (χ4n) is 0.958. The number of rotatable bonds is 3. The van der Waals surface area contributed by atoms with Gasteiger partial charge in [0.2, 0.25) is 0 Å². The summed E-state index contributed by atoms with van der Waals surface area (Å²) in [5.74, 6) is 0.0381. The van der Waals surface area contributed by atoms with Crippen molar-refractivity contribution in [2.24, 2.45) is 5.92 Å². The molecule has 4 nitrogen and oxygen atoms in total. The smallest absolute Gasteiger partial charge is 0.288 e.